The van der Waals surface area contributed by atoms with Crippen molar-refractivity contribution in [2.45, 2.75) is 32.1 Å². The van der Waals surface area contributed by atoms with Crippen molar-refractivity contribution < 1.29 is 22.7 Å². The van der Waals surface area contributed by atoms with E-state index in [0.717, 1.165) is 33.0 Å². The molecule has 2 N–H and O–H groups in total. The van der Waals surface area contributed by atoms with Gasteiger partial charge in [0, 0.05) is 6.54 Å². The fourth-order valence-corrected chi connectivity index (χ4v) is 5.79. The van der Waals surface area contributed by atoms with Crippen molar-refractivity contribution in [3.63, 3.8) is 0 Å². The number of hydrogen-bond donors (Lipinski definition) is 2. The number of nitrogens with zero attached hydrogens (tertiary/aromatic N) is 2. The van der Waals surface area contributed by atoms with Crippen LogP contribution in [0.5, 0.6) is 5.75 Å². The summed E-state index contributed by atoms with van der Waals surface area (Å²) in [7, 11) is -4.04. The van der Waals surface area contributed by atoms with Crippen LogP contribution < -0.4 is 19.8 Å². The molecular formula is C34H36N4O5S. The molecule has 228 valence electrons. The summed E-state index contributed by atoms with van der Waals surface area (Å²) in [6.45, 7) is 5.49. The van der Waals surface area contributed by atoms with Gasteiger partial charge in [0.05, 0.1) is 16.8 Å². The van der Waals surface area contributed by atoms with Gasteiger partial charge in [-0.25, -0.2) is 13.8 Å². The molecule has 0 spiro atoms. The molecule has 9 nitrogen and oxygen atoms in total. The first-order valence-electron chi connectivity index (χ1n) is 14.1. The summed E-state index contributed by atoms with van der Waals surface area (Å²) in [5.41, 5.74) is 7.17. The Morgan fingerprint density at radius 1 is 0.841 bits per heavy atom. The van der Waals surface area contributed by atoms with E-state index in [1.807, 2.05) is 56.3 Å². The zero-order valence-corrected chi connectivity index (χ0v) is 25.8. The minimum absolute atomic E-state index is 0.0901. The Morgan fingerprint density at radius 3 is 2.23 bits per heavy atom. The molecule has 0 saturated carbocycles. The number of hydrogen-bond acceptors (Lipinski definition) is 6. The number of ether oxygens (including phenoxy) is 1. The van der Waals surface area contributed by atoms with Gasteiger partial charge >= 0.3 is 0 Å². The number of rotatable bonds is 13. The molecule has 4 aromatic carbocycles. The molecule has 0 saturated heterocycles. The Bertz CT molecular complexity index is 1710. The Kier molecular flexibility index (Phi) is 10.9. The van der Waals surface area contributed by atoms with Gasteiger partial charge in [0.25, 0.3) is 21.8 Å². The van der Waals surface area contributed by atoms with Crippen LogP contribution in [0.2, 0.25) is 0 Å². The van der Waals surface area contributed by atoms with Crippen LogP contribution in [0.4, 0.5) is 5.69 Å². The highest BCUT2D eigenvalue weighted by atomic mass is 32.2. The predicted molar refractivity (Wildman–Crippen MR) is 172 cm³/mol. The maximum Gasteiger partial charge on any atom is 0.264 e. The molecule has 4 rings (SSSR count). The van der Waals surface area contributed by atoms with Crippen LogP contribution in [0.25, 0.3) is 0 Å². The molecule has 0 heterocycles. The third-order valence-electron chi connectivity index (χ3n) is 6.76. The number of carbonyl (C=O) groups excluding carboxylic acids is 2. The first-order chi connectivity index (χ1) is 21.1. The fourth-order valence-electron chi connectivity index (χ4n) is 4.31. The third kappa shape index (κ3) is 9.02. The molecule has 0 aliphatic heterocycles. The summed E-state index contributed by atoms with van der Waals surface area (Å²) < 4.78 is 34.0. The summed E-state index contributed by atoms with van der Waals surface area (Å²) in [5, 5.41) is 6.84. The van der Waals surface area contributed by atoms with Crippen LogP contribution in [0.3, 0.4) is 0 Å². The molecule has 0 aromatic heterocycles. The second-order valence-electron chi connectivity index (χ2n) is 10.4. The van der Waals surface area contributed by atoms with Crippen LogP contribution in [0.15, 0.2) is 107 Å². The van der Waals surface area contributed by atoms with E-state index in [2.05, 4.69) is 15.8 Å². The summed E-state index contributed by atoms with van der Waals surface area (Å²) in [6, 6.07) is 28.7. The van der Waals surface area contributed by atoms with Crippen LogP contribution in [0.1, 0.15) is 27.8 Å². The van der Waals surface area contributed by atoms with Crippen molar-refractivity contribution in [1.29, 1.82) is 0 Å². The van der Waals surface area contributed by atoms with E-state index in [4.69, 9.17) is 4.74 Å². The zero-order valence-electron chi connectivity index (χ0n) is 25.0. The van der Waals surface area contributed by atoms with Gasteiger partial charge in [0.2, 0.25) is 0 Å². The maximum atomic E-state index is 13.6. The van der Waals surface area contributed by atoms with Gasteiger partial charge < -0.3 is 10.1 Å². The normalized spacial score (nSPS) is 11.2. The zero-order chi connectivity index (χ0) is 31.5. The largest absolute Gasteiger partial charge is 0.484 e. The topological polar surface area (TPSA) is 117 Å². The van der Waals surface area contributed by atoms with Crippen LogP contribution in [-0.2, 0) is 26.0 Å². The van der Waals surface area contributed by atoms with E-state index in [-0.39, 0.29) is 17.4 Å². The Morgan fingerprint density at radius 2 is 1.52 bits per heavy atom. The van der Waals surface area contributed by atoms with Gasteiger partial charge in [-0.15, -0.1) is 0 Å². The average molecular weight is 613 g/mol. The Balaban J connectivity index is 1.32. The monoisotopic (exact) mass is 612 g/mol. The van der Waals surface area contributed by atoms with Crippen molar-refractivity contribution in [2.24, 2.45) is 5.10 Å². The molecule has 4 aromatic rings. The van der Waals surface area contributed by atoms with E-state index >= 15 is 0 Å². The molecule has 0 bridgehead atoms. The predicted octanol–water partition coefficient (Wildman–Crippen LogP) is 4.70. The quantitative estimate of drug-likeness (QED) is 0.168. The molecule has 10 heteroatoms. The molecule has 44 heavy (non-hydrogen) atoms. The third-order valence-corrected chi connectivity index (χ3v) is 8.54. The first kappa shape index (κ1) is 32.0. The van der Waals surface area contributed by atoms with Crippen molar-refractivity contribution in [1.82, 2.24) is 10.7 Å². The number of aryl methyl sites for hydroxylation is 3. The number of benzene rings is 4. The maximum absolute atomic E-state index is 13.6. The van der Waals surface area contributed by atoms with Crippen molar-refractivity contribution in [3.8, 4) is 5.75 Å². The SMILES string of the molecule is Cc1ccc(S(=O)(=O)N(CC(=O)N/N=C\c2ccc(OCC(=O)NCCc3ccccc3)cc2)c2cc(C)ccc2C)cc1. The van der Waals surface area contributed by atoms with E-state index in [1.54, 1.807) is 49.4 Å². The highest BCUT2D eigenvalue weighted by Crippen LogP contribution is 2.28. The highest BCUT2D eigenvalue weighted by Gasteiger charge is 2.28. The van der Waals surface area contributed by atoms with Crippen LogP contribution in [0, 0.1) is 20.8 Å². The number of hydrazone groups is 1. The second-order valence-corrected chi connectivity index (χ2v) is 12.2. The van der Waals surface area contributed by atoms with Crippen molar-refractivity contribution >= 4 is 33.7 Å². The lowest BCUT2D eigenvalue weighted by Gasteiger charge is -2.25. The highest BCUT2D eigenvalue weighted by molar-refractivity contribution is 7.92. The molecule has 0 radical (unpaired) electrons. The van der Waals surface area contributed by atoms with E-state index in [0.29, 0.717) is 23.5 Å². The van der Waals surface area contributed by atoms with Crippen molar-refractivity contribution in [3.05, 3.63) is 125 Å². The number of sulfonamides is 1. The lowest BCUT2D eigenvalue weighted by Crippen LogP contribution is -2.40. The lowest BCUT2D eigenvalue weighted by molar-refractivity contribution is -0.123. The van der Waals surface area contributed by atoms with E-state index < -0.39 is 22.5 Å². The second kappa shape index (κ2) is 15.0. The molecule has 0 aliphatic carbocycles. The van der Waals surface area contributed by atoms with Crippen LogP contribution in [-0.4, -0.2) is 46.1 Å². The van der Waals surface area contributed by atoms with E-state index in [1.165, 1.54) is 18.3 Å². The Hall–Kier alpha value is -4.96. The van der Waals surface area contributed by atoms with Gasteiger partial charge in [-0.2, -0.15) is 5.10 Å². The number of carbonyl (C=O) groups is 2. The van der Waals surface area contributed by atoms with Crippen LogP contribution >= 0.6 is 0 Å². The molecule has 0 aliphatic rings. The van der Waals surface area contributed by atoms with Gasteiger partial charge in [-0.1, -0.05) is 60.2 Å². The molecule has 0 fully saturated rings. The van der Waals surface area contributed by atoms with Gasteiger partial charge in [0.1, 0.15) is 12.3 Å². The molecule has 2 amide bonds. The smallest absolute Gasteiger partial charge is 0.264 e. The molecular weight excluding hydrogens is 576 g/mol. The summed E-state index contributed by atoms with van der Waals surface area (Å²) in [5.74, 6) is -0.306. The molecule has 0 unspecified atom stereocenters. The summed E-state index contributed by atoms with van der Waals surface area (Å²) >= 11 is 0. The van der Waals surface area contributed by atoms with E-state index in [9.17, 15) is 18.0 Å². The first-order valence-corrected chi connectivity index (χ1v) is 15.6. The minimum Gasteiger partial charge on any atom is -0.484 e. The van der Waals surface area contributed by atoms with Gasteiger partial charge in [-0.3, -0.25) is 13.9 Å². The summed E-state index contributed by atoms with van der Waals surface area (Å²) in [4.78, 5) is 25.1. The fraction of sp³-hybridized carbons (Fsp3) is 0.206. The van der Waals surface area contributed by atoms with Gasteiger partial charge in [-0.05, 0) is 91.9 Å². The Labute approximate surface area is 258 Å². The average Bonchev–Trinajstić information content (AvgIpc) is 3.01. The standard InChI is InChI=1S/C34H36N4O5S/c1-25-10-17-31(18-11-25)44(41,42)38(32-21-26(2)9-12-27(32)3)23-33(39)37-36-22-29-13-15-30(16-14-29)43-24-34(40)35-20-19-28-7-5-4-6-8-28/h4-18,21-22H,19-20,23-24H2,1-3H3,(H,35,40)(H,37,39)/b36-22-. The number of amides is 2. The minimum atomic E-state index is -4.04. The van der Waals surface area contributed by atoms with Gasteiger partial charge in [0.15, 0.2) is 6.61 Å². The number of nitrogens with one attached hydrogen (secondary N) is 2. The summed E-state index contributed by atoms with van der Waals surface area (Å²) in [6.07, 6.45) is 2.18. The van der Waals surface area contributed by atoms with Crippen molar-refractivity contribution in [2.75, 3.05) is 24.0 Å². The lowest BCUT2D eigenvalue weighted by atomic mass is 10.1. The molecule has 0 atom stereocenters. The number of anilines is 1.